The van der Waals surface area contributed by atoms with Crippen molar-refractivity contribution in [2.24, 2.45) is 0 Å². The van der Waals surface area contributed by atoms with Crippen LogP contribution >= 0.6 is 0 Å². The van der Waals surface area contributed by atoms with Crippen molar-refractivity contribution in [2.75, 3.05) is 11.3 Å². The first-order valence-electron chi connectivity index (χ1n) is 11.0. The number of para-hydroxylation sites is 1. The maximum Gasteiger partial charge on any atom is 0.264 e. The maximum atomic E-state index is 13.4. The SMILES string of the molecule is CCOc1ccc(S(=O)(=O)Nc2ccccc2C#Cc2cncc3ccccc23)c2ncccc12. The van der Waals surface area contributed by atoms with E-state index in [-0.39, 0.29) is 4.90 Å². The van der Waals surface area contributed by atoms with Gasteiger partial charge in [-0.3, -0.25) is 14.7 Å². The highest BCUT2D eigenvalue weighted by Gasteiger charge is 2.21. The van der Waals surface area contributed by atoms with Crippen LogP contribution in [0.25, 0.3) is 21.7 Å². The first-order chi connectivity index (χ1) is 17.1. The molecular formula is C28H21N3O3S. The normalized spacial score (nSPS) is 11.1. The second kappa shape index (κ2) is 9.45. The highest BCUT2D eigenvalue weighted by Crippen LogP contribution is 2.31. The van der Waals surface area contributed by atoms with Gasteiger partial charge in [0.2, 0.25) is 0 Å². The van der Waals surface area contributed by atoms with Gasteiger partial charge < -0.3 is 4.74 Å². The van der Waals surface area contributed by atoms with E-state index in [0.717, 1.165) is 16.3 Å². The molecule has 0 bridgehead atoms. The van der Waals surface area contributed by atoms with Crippen molar-refractivity contribution < 1.29 is 13.2 Å². The lowest BCUT2D eigenvalue weighted by atomic mass is 10.1. The molecule has 6 nitrogen and oxygen atoms in total. The molecule has 0 aliphatic heterocycles. The molecule has 2 aromatic heterocycles. The van der Waals surface area contributed by atoms with Crippen LogP contribution in [0, 0.1) is 11.8 Å². The molecule has 0 aliphatic rings. The lowest BCUT2D eigenvalue weighted by molar-refractivity contribution is 0.344. The van der Waals surface area contributed by atoms with Gasteiger partial charge in [-0.15, -0.1) is 0 Å². The van der Waals surface area contributed by atoms with Gasteiger partial charge in [0.15, 0.2) is 0 Å². The Kier molecular flexibility index (Phi) is 6.04. The molecule has 1 N–H and O–H groups in total. The van der Waals surface area contributed by atoms with Gasteiger partial charge in [0.05, 0.1) is 23.4 Å². The number of benzene rings is 3. The molecule has 35 heavy (non-hydrogen) atoms. The third-order valence-electron chi connectivity index (χ3n) is 5.45. The quantitative estimate of drug-likeness (QED) is 0.342. The summed E-state index contributed by atoms with van der Waals surface area (Å²) in [6.45, 7) is 2.34. The van der Waals surface area contributed by atoms with E-state index in [4.69, 9.17) is 4.74 Å². The molecule has 0 radical (unpaired) electrons. The van der Waals surface area contributed by atoms with Crippen molar-refractivity contribution in [2.45, 2.75) is 11.8 Å². The van der Waals surface area contributed by atoms with Gasteiger partial charge in [-0.05, 0) is 43.3 Å². The Morgan fingerprint density at radius 3 is 2.51 bits per heavy atom. The van der Waals surface area contributed by atoms with Crippen molar-refractivity contribution in [1.82, 2.24) is 9.97 Å². The van der Waals surface area contributed by atoms with Crippen LogP contribution in [-0.2, 0) is 10.0 Å². The summed E-state index contributed by atoms with van der Waals surface area (Å²) in [5.74, 6) is 6.84. The number of sulfonamides is 1. The topological polar surface area (TPSA) is 81.2 Å². The second-order valence-electron chi connectivity index (χ2n) is 7.70. The zero-order valence-electron chi connectivity index (χ0n) is 18.9. The fourth-order valence-electron chi connectivity index (χ4n) is 3.85. The van der Waals surface area contributed by atoms with Crippen molar-refractivity contribution >= 4 is 37.4 Å². The Morgan fingerprint density at radius 1 is 0.857 bits per heavy atom. The number of aromatic nitrogens is 2. The number of anilines is 1. The maximum absolute atomic E-state index is 13.4. The fourth-order valence-corrected chi connectivity index (χ4v) is 5.09. The average molecular weight is 480 g/mol. The van der Waals surface area contributed by atoms with E-state index in [1.54, 1.807) is 55.0 Å². The molecule has 0 atom stereocenters. The van der Waals surface area contributed by atoms with Gasteiger partial charge in [0, 0.05) is 40.3 Å². The number of rotatable bonds is 5. The minimum Gasteiger partial charge on any atom is -0.493 e. The Labute approximate surface area is 203 Å². The van der Waals surface area contributed by atoms with E-state index in [2.05, 4.69) is 26.5 Å². The van der Waals surface area contributed by atoms with E-state index < -0.39 is 10.0 Å². The van der Waals surface area contributed by atoms with E-state index in [1.165, 1.54) is 6.07 Å². The largest absolute Gasteiger partial charge is 0.493 e. The van der Waals surface area contributed by atoms with E-state index in [9.17, 15) is 8.42 Å². The molecule has 0 fully saturated rings. The van der Waals surface area contributed by atoms with Gasteiger partial charge in [-0.1, -0.05) is 48.2 Å². The molecule has 5 rings (SSSR count). The van der Waals surface area contributed by atoms with E-state index >= 15 is 0 Å². The standard InChI is InChI=1S/C28H21N3O3S/c1-2-34-26-15-16-27(28-24(26)11-7-17-30-28)35(32,33)31-25-12-6-4-8-20(25)13-14-22-19-29-18-21-9-3-5-10-23(21)22/h3-12,15-19,31H,2H2,1H3. The minimum absolute atomic E-state index is 0.0672. The number of nitrogens with one attached hydrogen (secondary N) is 1. The van der Waals surface area contributed by atoms with Crippen molar-refractivity contribution in [3.05, 3.63) is 103 Å². The first kappa shape index (κ1) is 22.4. The number of hydrogen-bond donors (Lipinski definition) is 1. The predicted molar refractivity (Wildman–Crippen MR) is 138 cm³/mol. The third-order valence-corrected chi connectivity index (χ3v) is 6.85. The highest BCUT2D eigenvalue weighted by atomic mass is 32.2. The van der Waals surface area contributed by atoms with E-state index in [0.29, 0.717) is 34.5 Å². The Morgan fingerprint density at radius 2 is 1.63 bits per heavy atom. The average Bonchev–Trinajstić information content (AvgIpc) is 2.88. The summed E-state index contributed by atoms with van der Waals surface area (Å²) in [6, 6.07) is 21.6. The lowest BCUT2D eigenvalue weighted by Gasteiger charge is -2.13. The van der Waals surface area contributed by atoms with Gasteiger partial charge in [0.1, 0.15) is 10.6 Å². The summed E-state index contributed by atoms with van der Waals surface area (Å²) in [6.07, 6.45) is 5.06. The van der Waals surface area contributed by atoms with Crippen LogP contribution in [0.5, 0.6) is 5.75 Å². The van der Waals surface area contributed by atoms with Crippen LogP contribution in [0.2, 0.25) is 0 Å². The molecule has 2 heterocycles. The summed E-state index contributed by atoms with van der Waals surface area (Å²) >= 11 is 0. The van der Waals surface area contributed by atoms with Crippen LogP contribution in [0.4, 0.5) is 5.69 Å². The molecule has 0 spiro atoms. The lowest BCUT2D eigenvalue weighted by Crippen LogP contribution is -2.15. The summed E-state index contributed by atoms with van der Waals surface area (Å²) in [7, 11) is -3.96. The number of fused-ring (bicyclic) bond motifs is 2. The second-order valence-corrected chi connectivity index (χ2v) is 9.35. The molecule has 0 saturated carbocycles. The smallest absolute Gasteiger partial charge is 0.264 e. The van der Waals surface area contributed by atoms with E-state index in [1.807, 2.05) is 37.3 Å². The number of hydrogen-bond acceptors (Lipinski definition) is 5. The van der Waals surface area contributed by atoms with Crippen LogP contribution in [0.15, 0.2) is 96.3 Å². The van der Waals surface area contributed by atoms with Crippen LogP contribution < -0.4 is 9.46 Å². The number of ether oxygens (including phenoxy) is 1. The molecule has 0 amide bonds. The summed E-state index contributed by atoms with van der Waals surface area (Å²) < 4.78 is 35.2. The molecule has 0 saturated heterocycles. The Balaban J connectivity index is 1.54. The summed E-state index contributed by atoms with van der Waals surface area (Å²) in [5.41, 5.74) is 2.04. The minimum atomic E-state index is -3.96. The fraction of sp³-hybridized carbons (Fsp3) is 0.0714. The van der Waals surface area contributed by atoms with Crippen LogP contribution in [0.1, 0.15) is 18.1 Å². The zero-order valence-corrected chi connectivity index (χ0v) is 19.7. The monoisotopic (exact) mass is 479 g/mol. The van der Waals surface area contributed by atoms with Crippen molar-refractivity contribution in [3.8, 4) is 17.6 Å². The molecular weight excluding hydrogens is 458 g/mol. The van der Waals surface area contributed by atoms with Crippen molar-refractivity contribution in [3.63, 3.8) is 0 Å². The highest BCUT2D eigenvalue weighted by molar-refractivity contribution is 7.93. The molecule has 0 aliphatic carbocycles. The van der Waals surface area contributed by atoms with Crippen LogP contribution in [-0.4, -0.2) is 25.0 Å². The summed E-state index contributed by atoms with van der Waals surface area (Å²) in [5, 5.41) is 2.61. The Hall–Kier alpha value is -4.41. The van der Waals surface area contributed by atoms with Gasteiger partial charge in [0.25, 0.3) is 10.0 Å². The van der Waals surface area contributed by atoms with Gasteiger partial charge in [-0.25, -0.2) is 8.42 Å². The molecule has 3 aromatic carbocycles. The third kappa shape index (κ3) is 4.52. The molecule has 0 unspecified atom stereocenters. The van der Waals surface area contributed by atoms with Crippen molar-refractivity contribution in [1.29, 1.82) is 0 Å². The summed E-state index contributed by atoms with van der Waals surface area (Å²) in [4.78, 5) is 8.66. The van der Waals surface area contributed by atoms with Gasteiger partial charge in [-0.2, -0.15) is 0 Å². The Bertz CT molecular complexity index is 1720. The molecule has 172 valence electrons. The predicted octanol–water partition coefficient (Wildman–Crippen LogP) is 5.38. The first-order valence-corrected chi connectivity index (χ1v) is 12.5. The molecule has 7 heteroatoms. The molecule has 5 aromatic rings. The van der Waals surface area contributed by atoms with Gasteiger partial charge >= 0.3 is 0 Å². The zero-order chi connectivity index (χ0) is 24.3. The number of nitrogens with zero attached hydrogens (tertiary/aromatic N) is 2. The number of pyridine rings is 2. The van der Waals surface area contributed by atoms with Crippen LogP contribution in [0.3, 0.4) is 0 Å².